The fourth-order valence-electron chi connectivity index (χ4n) is 9.49. The molecule has 0 aromatic heterocycles. The van der Waals surface area contributed by atoms with Crippen molar-refractivity contribution < 1.29 is 80.2 Å². The number of carbonyl (C=O) groups is 4. The average Bonchev–Trinajstić information content (AvgIpc) is 0.931. The molecule has 19 heteroatoms. The molecular formula is C85H136O17P2. The number of hydrogen-bond donors (Lipinski definition) is 3. The summed E-state index contributed by atoms with van der Waals surface area (Å²) in [4.78, 5) is 72.9. The van der Waals surface area contributed by atoms with Crippen molar-refractivity contribution in [1.29, 1.82) is 0 Å². The molecule has 0 heterocycles. The Hall–Kier alpha value is -5.84. The molecule has 3 N–H and O–H groups in total. The lowest BCUT2D eigenvalue weighted by Gasteiger charge is -2.21. The highest BCUT2D eigenvalue weighted by Crippen LogP contribution is 2.45. The Kier molecular flexibility index (Phi) is 71.2. The highest BCUT2D eigenvalue weighted by molar-refractivity contribution is 7.47. The van der Waals surface area contributed by atoms with Gasteiger partial charge in [0, 0.05) is 25.7 Å². The molecule has 104 heavy (non-hydrogen) atoms. The molecule has 0 aliphatic carbocycles. The summed E-state index contributed by atoms with van der Waals surface area (Å²) in [5, 5.41) is 10.6. The Morgan fingerprint density at radius 3 is 0.827 bits per heavy atom. The molecule has 0 fully saturated rings. The quantitative estimate of drug-likeness (QED) is 0.0169. The maximum Gasteiger partial charge on any atom is 0.472 e. The molecule has 0 bridgehead atoms. The molecule has 0 saturated carbocycles. The van der Waals surface area contributed by atoms with Crippen LogP contribution in [-0.4, -0.2) is 96.7 Å². The molecule has 0 radical (unpaired) electrons. The minimum absolute atomic E-state index is 0.0506. The topological polar surface area (TPSA) is 237 Å². The molecule has 0 aromatic rings. The third-order valence-electron chi connectivity index (χ3n) is 15.3. The van der Waals surface area contributed by atoms with Gasteiger partial charge in [-0.3, -0.25) is 37.3 Å². The van der Waals surface area contributed by atoms with Crippen LogP contribution in [0.2, 0.25) is 0 Å². The molecule has 0 aromatic carbocycles. The number of allylic oxidation sites excluding steroid dienone is 30. The third-order valence-corrected chi connectivity index (χ3v) is 17.2. The molecule has 0 amide bonds. The number of aliphatic hydroxyl groups is 1. The molecule has 5 atom stereocenters. The first kappa shape index (κ1) is 98.2. The first-order chi connectivity index (χ1) is 50.7. The van der Waals surface area contributed by atoms with E-state index in [9.17, 15) is 43.2 Å². The summed E-state index contributed by atoms with van der Waals surface area (Å²) >= 11 is 0. The maximum absolute atomic E-state index is 13.1. The van der Waals surface area contributed by atoms with E-state index in [-0.39, 0.29) is 25.7 Å². The van der Waals surface area contributed by atoms with Gasteiger partial charge in [-0.25, -0.2) is 9.13 Å². The Balaban J connectivity index is 5.46. The van der Waals surface area contributed by atoms with Crippen molar-refractivity contribution in [3.8, 4) is 0 Å². The Morgan fingerprint density at radius 2 is 0.510 bits per heavy atom. The zero-order valence-corrected chi connectivity index (χ0v) is 65.9. The van der Waals surface area contributed by atoms with Crippen molar-refractivity contribution in [2.75, 3.05) is 39.6 Å². The van der Waals surface area contributed by atoms with Crippen molar-refractivity contribution in [1.82, 2.24) is 0 Å². The zero-order valence-electron chi connectivity index (χ0n) is 64.1. The van der Waals surface area contributed by atoms with Gasteiger partial charge in [-0.05, 0) is 167 Å². The van der Waals surface area contributed by atoms with E-state index in [0.29, 0.717) is 32.1 Å². The smallest absolute Gasteiger partial charge is 0.462 e. The van der Waals surface area contributed by atoms with Crippen LogP contribution < -0.4 is 0 Å². The van der Waals surface area contributed by atoms with E-state index < -0.39 is 97.5 Å². The number of phosphoric ester groups is 2. The number of aliphatic hydroxyl groups excluding tert-OH is 1. The van der Waals surface area contributed by atoms with Gasteiger partial charge in [0.2, 0.25) is 0 Å². The van der Waals surface area contributed by atoms with Crippen LogP contribution in [0.25, 0.3) is 0 Å². The second-order valence-corrected chi connectivity index (χ2v) is 28.1. The number of hydrogen-bond acceptors (Lipinski definition) is 15. The standard InChI is InChI=1S/C85H136O17P2/c1-5-9-13-17-21-25-29-32-35-38-39-42-44-47-51-54-58-62-66-70-83(88)96-76-81(102-85(90)72-68-64-60-56-52-48-45-41-37-34-31-27-23-19-15-11-7-3)78-100-104(93,94)98-74-79(86)73-97-103(91,92)99-77-80(101-84(89)71-67-63-59-55-49-28-24-20-16-12-8-4)75-95-82(87)69-65-61-57-53-50-46-43-40-36-33-30-26-22-18-14-10-6-2/h9-11,13-15,20-27,32-37,39,42-43,45-48,51,53,57,79-81,86H,5-8,12,16-19,28-31,38,40-41,44,49-50,52,54-56,58-78H2,1-4H3,(H,91,92)(H,93,94)/b13-9-,14-10-,15-11-,24-20-,25-21-,26-22-,27-23-,35-32-,36-33-,37-34-,42-39-,46-43-,48-45-,51-47-,57-53-. The summed E-state index contributed by atoms with van der Waals surface area (Å²) in [5.41, 5.74) is 0. The van der Waals surface area contributed by atoms with Crippen LogP contribution in [0, 0.1) is 0 Å². The van der Waals surface area contributed by atoms with Gasteiger partial charge in [-0.15, -0.1) is 0 Å². The van der Waals surface area contributed by atoms with E-state index in [0.717, 1.165) is 180 Å². The minimum Gasteiger partial charge on any atom is -0.462 e. The number of rotatable bonds is 71. The summed E-state index contributed by atoms with van der Waals surface area (Å²) in [6, 6.07) is 0. The summed E-state index contributed by atoms with van der Waals surface area (Å²) in [5.74, 6) is -2.34. The number of esters is 4. The fourth-order valence-corrected chi connectivity index (χ4v) is 11.1. The first-order valence-corrected chi connectivity index (χ1v) is 42.0. The SMILES string of the molecule is CC/C=C\C/C=C\C/C=C\C/C=C\C/C=C\CCCCCC(=O)OCC(COP(=O)(O)OCC(O)COP(=O)(O)OCC(COC(=O)CCC/C=C\C/C=C\C/C=C\C/C=C\C/C=C\CC)OC(=O)CCCCCCC/C=C\CCCC)OC(=O)CCCCCC/C=C\C/C=C\C/C=C\C/C=C\CC. The van der Waals surface area contributed by atoms with Crippen LogP contribution in [0.5, 0.6) is 0 Å². The molecule has 0 aliphatic rings. The van der Waals surface area contributed by atoms with Crippen LogP contribution in [0.4, 0.5) is 0 Å². The summed E-state index contributed by atoms with van der Waals surface area (Å²) in [7, 11) is -10.0. The second kappa shape index (κ2) is 75.4. The van der Waals surface area contributed by atoms with Gasteiger partial charge in [0.15, 0.2) is 12.2 Å². The maximum atomic E-state index is 13.1. The van der Waals surface area contributed by atoms with Crippen LogP contribution >= 0.6 is 15.6 Å². The van der Waals surface area contributed by atoms with Crippen LogP contribution in [0.3, 0.4) is 0 Å². The average molecular weight is 1490 g/mol. The van der Waals surface area contributed by atoms with Gasteiger partial charge in [0.1, 0.15) is 19.3 Å². The van der Waals surface area contributed by atoms with E-state index in [1.807, 2.05) is 12.2 Å². The first-order valence-electron chi connectivity index (χ1n) is 39.0. The van der Waals surface area contributed by atoms with Crippen LogP contribution in [-0.2, 0) is 65.4 Å². The lowest BCUT2D eigenvalue weighted by atomic mass is 10.1. The van der Waals surface area contributed by atoms with E-state index in [4.69, 9.17) is 37.0 Å². The molecule has 0 spiro atoms. The second-order valence-electron chi connectivity index (χ2n) is 25.1. The van der Waals surface area contributed by atoms with Gasteiger partial charge >= 0.3 is 39.5 Å². The molecule has 17 nitrogen and oxygen atoms in total. The lowest BCUT2D eigenvalue weighted by molar-refractivity contribution is -0.161. The predicted molar refractivity (Wildman–Crippen MR) is 426 cm³/mol. The van der Waals surface area contributed by atoms with Crippen molar-refractivity contribution in [3.63, 3.8) is 0 Å². The van der Waals surface area contributed by atoms with E-state index in [1.54, 1.807) is 0 Å². The highest BCUT2D eigenvalue weighted by Gasteiger charge is 2.30. The molecule has 5 unspecified atom stereocenters. The molecule has 0 aliphatic heterocycles. The van der Waals surface area contributed by atoms with Crippen LogP contribution in [0.15, 0.2) is 182 Å². The Morgan fingerprint density at radius 1 is 0.279 bits per heavy atom. The zero-order chi connectivity index (χ0) is 76.0. The lowest BCUT2D eigenvalue weighted by Crippen LogP contribution is -2.30. The number of unbranched alkanes of at least 4 members (excludes halogenated alkanes) is 15. The van der Waals surface area contributed by atoms with Crippen molar-refractivity contribution >= 4 is 39.5 Å². The molecule has 0 rings (SSSR count). The summed E-state index contributed by atoms with van der Waals surface area (Å²) in [6.07, 6.45) is 90.3. The largest absolute Gasteiger partial charge is 0.472 e. The van der Waals surface area contributed by atoms with E-state index >= 15 is 0 Å². The highest BCUT2D eigenvalue weighted by atomic mass is 31.2. The van der Waals surface area contributed by atoms with Gasteiger partial charge in [-0.1, -0.05) is 261 Å². The fraction of sp³-hybridized carbons (Fsp3) is 0.600. The molecular weight excluding hydrogens is 1350 g/mol. The van der Waals surface area contributed by atoms with Crippen molar-refractivity contribution in [3.05, 3.63) is 182 Å². The summed E-state index contributed by atoms with van der Waals surface area (Å²) < 4.78 is 68.4. The van der Waals surface area contributed by atoms with Crippen molar-refractivity contribution in [2.24, 2.45) is 0 Å². The van der Waals surface area contributed by atoms with Gasteiger partial charge in [0.05, 0.1) is 26.4 Å². The van der Waals surface area contributed by atoms with E-state index in [1.165, 1.54) is 6.42 Å². The van der Waals surface area contributed by atoms with Crippen molar-refractivity contribution in [2.45, 2.75) is 290 Å². The van der Waals surface area contributed by atoms with Gasteiger partial charge in [-0.2, -0.15) is 0 Å². The van der Waals surface area contributed by atoms with Crippen LogP contribution in [0.1, 0.15) is 272 Å². The molecule has 588 valence electrons. The molecule has 0 saturated heterocycles. The number of phosphoric acid groups is 2. The Bertz CT molecular complexity index is 2690. The number of carbonyl (C=O) groups excluding carboxylic acids is 4. The summed E-state index contributed by atoms with van der Waals surface area (Å²) in [6.45, 7) is 4.32. The van der Waals surface area contributed by atoms with Gasteiger partial charge < -0.3 is 33.8 Å². The van der Waals surface area contributed by atoms with Gasteiger partial charge in [0.25, 0.3) is 0 Å². The number of ether oxygens (including phenoxy) is 4. The minimum atomic E-state index is -5.00. The predicted octanol–water partition coefficient (Wildman–Crippen LogP) is 22.8. The monoisotopic (exact) mass is 1490 g/mol. The Labute approximate surface area is 628 Å². The normalized spacial score (nSPS) is 14.9. The van der Waals surface area contributed by atoms with E-state index in [2.05, 4.69) is 198 Å². The third kappa shape index (κ3) is 74.4.